The van der Waals surface area contributed by atoms with Crippen LogP contribution >= 0.6 is 0 Å². The lowest BCUT2D eigenvalue weighted by atomic mass is 9.91. The van der Waals surface area contributed by atoms with Crippen LogP contribution in [0.15, 0.2) is 24.3 Å². The van der Waals surface area contributed by atoms with Gasteiger partial charge in [0.15, 0.2) is 0 Å². The first-order valence-corrected chi connectivity index (χ1v) is 5.41. The van der Waals surface area contributed by atoms with E-state index in [-0.39, 0.29) is 5.97 Å². The normalized spacial score (nSPS) is 23.1. The highest BCUT2D eigenvalue weighted by Crippen LogP contribution is 2.33. The standard InChI is InChI=1S/C12H15NO3/c1-2-16-12(15)9-7-13-10-6-4-3-5-8(10)11(9)14/h3-6,9,11,13-14H,2,7H2,1H3/t9-,11+/m1/s1. The van der Waals surface area contributed by atoms with Gasteiger partial charge in [-0.2, -0.15) is 0 Å². The maximum atomic E-state index is 11.6. The van der Waals surface area contributed by atoms with E-state index in [1.807, 2.05) is 24.3 Å². The Morgan fingerprint density at radius 1 is 1.56 bits per heavy atom. The van der Waals surface area contributed by atoms with Gasteiger partial charge in [-0.1, -0.05) is 18.2 Å². The average molecular weight is 221 g/mol. The van der Waals surface area contributed by atoms with Crippen molar-refractivity contribution in [3.05, 3.63) is 29.8 Å². The molecular weight excluding hydrogens is 206 g/mol. The van der Waals surface area contributed by atoms with Crippen LogP contribution in [0.25, 0.3) is 0 Å². The summed E-state index contributed by atoms with van der Waals surface area (Å²) in [6, 6.07) is 7.44. The van der Waals surface area contributed by atoms with E-state index in [1.54, 1.807) is 6.92 Å². The van der Waals surface area contributed by atoms with Gasteiger partial charge in [0, 0.05) is 17.8 Å². The molecule has 0 saturated carbocycles. The molecule has 2 N–H and O–H groups in total. The van der Waals surface area contributed by atoms with Crippen molar-refractivity contribution in [3.8, 4) is 0 Å². The number of aliphatic hydroxyl groups excluding tert-OH is 1. The molecular formula is C12H15NO3. The average Bonchev–Trinajstić information content (AvgIpc) is 2.30. The van der Waals surface area contributed by atoms with E-state index in [0.29, 0.717) is 13.2 Å². The summed E-state index contributed by atoms with van der Waals surface area (Å²) in [7, 11) is 0. The molecule has 1 heterocycles. The molecule has 2 rings (SSSR count). The zero-order valence-corrected chi connectivity index (χ0v) is 9.14. The topological polar surface area (TPSA) is 58.6 Å². The van der Waals surface area contributed by atoms with Gasteiger partial charge in [-0.05, 0) is 13.0 Å². The van der Waals surface area contributed by atoms with E-state index in [4.69, 9.17) is 4.74 Å². The number of ether oxygens (including phenoxy) is 1. The molecule has 1 aromatic rings. The summed E-state index contributed by atoms with van der Waals surface area (Å²) in [5.74, 6) is -0.869. The number of anilines is 1. The molecule has 1 aliphatic rings. The van der Waals surface area contributed by atoms with Crippen molar-refractivity contribution in [1.29, 1.82) is 0 Å². The number of para-hydroxylation sites is 1. The number of aliphatic hydroxyl groups is 1. The number of carbonyl (C=O) groups excluding carboxylic acids is 1. The molecule has 0 unspecified atom stereocenters. The fourth-order valence-corrected chi connectivity index (χ4v) is 1.93. The summed E-state index contributed by atoms with van der Waals surface area (Å²) in [5, 5.41) is 13.2. The van der Waals surface area contributed by atoms with Crippen molar-refractivity contribution in [3.63, 3.8) is 0 Å². The molecule has 0 spiro atoms. The number of esters is 1. The minimum absolute atomic E-state index is 0.337. The Morgan fingerprint density at radius 3 is 3.06 bits per heavy atom. The van der Waals surface area contributed by atoms with Crippen LogP contribution in [0.4, 0.5) is 5.69 Å². The minimum atomic E-state index is -0.781. The Labute approximate surface area is 94.2 Å². The Bertz CT molecular complexity index is 392. The lowest BCUT2D eigenvalue weighted by Crippen LogP contribution is -2.34. The fourth-order valence-electron chi connectivity index (χ4n) is 1.93. The van der Waals surface area contributed by atoms with Crippen molar-refractivity contribution in [2.45, 2.75) is 13.0 Å². The molecule has 16 heavy (non-hydrogen) atoms. The van der Waals surface area contributed by atoms with Crippen LogP contribution in [0.5, 0.6) is 0 Å². The van der Waals surface area contributed by atoms with Gasteiger partial charge in [0.2, 0.25) is 0 Å². The zero-order valence-electron chi connectivity index (χ0n) is 9.14. The van der Waals surface area contributed by atoms with E-state index in [0.717, 1.165) is 11.3 Å². The lowest BCUT2D eigenvalue weighted by Gasteiger charge is -2.29. The number of carbonyl (C=O) groups is 1. The second-order valence-corrected chi connectivity index (χ2v) is 3.77. The summed E-state index contributed by atoms with van der Waals surface area (Å²) in [6.07, 6.45) is -0.781. The molecule has 0 aromatic heterocycles. The molecule has 4 heteroatoms. The van der Waals surface area contributed by atoms with E-state index in [1.165, 1.54) is 0 Å². The summed E-state index contributed by atoms with van der Waals surface area (Å²) < 4.78 is 4.93. The Balaban J connectivity index is 2.21. The molecule has 0 radical (unpaired) electrons. The first-order valence-electron chi connectivity index (χ1n) is 5.41. The maximum absolute atomic E-state index is 11.6. The van der Waals surface area contributed by atoms with E-state index in [9.17, 15) is 9.90 Å². The van der Waals surface area contributed by atoms with Crippen molar-refractivity contribution in [2.24, 2.45) is 5.92 Å². The SMILES string of the molecule is CCOC(=O)[C@@H]1CNc2ccccc2[C@@H]1O. The van der Waals surface area contributed by atoms with Crippen LogP contribution in [-0.4, -0.2) is 24.2 Å². The number of hydrogen-bond donors (Lipinski definition) is 2. The molecule has 1 aromatic carbocycles. The number of fused-ring (bicyclic) bond motifs is 1. The molecule has 0 saturated heterocycles. The second kappa shape index (κ2) is 4.53. The molecule has 2 atom stereocenters. The van der Waals surface area contributed by atoms with Gasteiger partial charge in [0.05, 0.1) is 12.7 Å². The minimum Gasteiger partial charge on any atom is -0.466 e. The highest BCUT2D eigenvalue weighted by Gasteiger charge is 2.33. The Morgan fingerprint density at radius 2 is 2.31 bits per heavy atom. The smallest absolute Gasteiger partial charge is 0.313 e. The third-order valence-corrected chi connectivity index (χ3v) is 2.76. The van der Waals surface area contributed by atoms with Crippen LogP contribution in [0.1, 0.15) is 18.6 Å². The molecule has 0 aliphatic carbocycles. The van der Waals surface area contributed by atoms with E-state index < -0.39 is 12.0 Å². The number of benzene rings is 1. The third-order valence-electron chi connectivity index (χ3n) is 2.76. The first-order chi connectivity index (χ1) is 7.74. The van der Waals surface area contributed by atoms with Gasteiger partial charge < -0.3 is 15.2 Å². The first kappa shape index (κ1) is 11.0. The lowest BCUT2D eigenvalue weighted by molar-refractivity contribution is -0.151. The van der Waals surface area contributed by atoms with Gasteiger partial charge in [0.25, 0.3) is 0 Å². The van der Waals surface area contributed by atoms with Crippen LogP contribution in [0.2, 0.25) is 0 Å². The molecule has 0 bridgehead atoms. The largest absolute Gasteiger partial charge is 0.466 e. The van der Waals surface area contributed by atoms with Crippen LogP contribution in [0.3, 0.4) is 0 Å². The quantitative estimate of drug-likeness (QED) is 0.740. The second-order valence-electron chi connectivity index (χ2n) is 3.77. The molecule has 4 nitrogen and oxygen atoms in total. The summed E-state index contributed by atoms with van der Waals surface area (Å²) in [6.45, 7) is 2.51. The highest BCUT2D eigenvalue weighted by atomic mass is 16.5. The van der Waals surface area contributed by atoms with E-state index >= 15 is 0 Å². The highest BCUT2D eigenvalue weighted by molar-refractivity contribution is 5.76. The number of nitrogens with one attached hydrogen (secondary N) is 1. The van der Waals surface area contributed by atoms with Crippen LogP contribution < -0.4 is 5.32 Å². The Hall–Kier alpha value is -1.55. The van der Waals surface area contributed by atoms with Crippen molar-refractivity contribution < 1.29 is 14.6 Å². The molecule has 86 valence electrons. The summed E-state index contributed by atoms with van der Waals surface area (Å²) >= 11 is 0. The van der Waals surface area contributed by atoms with Crippen molar-refractivity contribution in [2.75, 3.05) is 18.5 Å². The summed E-state index contributed by atoms with van der Waals surface area (Å²) in [4.78, 5) is 11.6. The van der Waals surface area contributed by atoms with Crippen molar-refractivity contribution in [1.82, 2.24) is 0 Å². The van der Waals surface area contributed by atoms with Gasteiger partial charge in [-0.25, -0.2) is 0 Å². The third kappa shape index (κ3) is 1.88. The molecule has 0 amide bonds. The van der Waals surface area contributed by atoms with E-state index in [2.05, 4.69) is 5.32 Å². The van der Waals surface area contributed by atoms with Gasteiger partial charge >= 0.3 is 5.97 Å². The van der Waals surface area contributed by atoms with Crippen LogP contribution in [0, 0.1) is 5.92 Å². The maximum Gasteiger partial charge on any atom is 0.313 e. The van der Waals surface area contributed by atoms with Crippen molar-refractivity contribution >= 4 is 11.7 Å². The van der Waals surface area contributed by atoms with Gasteiger partial charge in [-0.15, -0.1) is 0 Å². The summed E-state index contributed by atoms with van der Waals surface area (Å²) in [5.41, 5.74) is 1.64. The molecule has 0 fully saturated rings. The monoisotopic (exact) mass is 221 g/mol. The van der Waals surface area contributed by atoms with Crippen LogP contribution in [-0.2, 0) is 9.53 Å². The Kier molecular flexibility index (Phi) is 3.10. The predicted octanol–water partition coefficient (Wildman–Crippen LogP) is 1.32. The molecule has 1 aliphatic heterocycles. The van der Waals surface area contributed by atoms with Gasteiger partial charge in [-0.3, -0.25) is 4.79 Å². The van der Waals surface area contributed by atoms with Gasteiger partial charge in [0.1, 0.15) is 5.92 Å². The fraction of sp³-hybridized carbons (Fsp3) is 0.417. The number of rotatable bonds is 2. The predicted molar refractivity (Wildman–Crippen MR) is 60.0 cm³/mol. The zero-order chi connectivity index (χ0) is 11.5. The number of hydrogen-bond acceptors (Lipinski definition) is 4.